The van der Waals surface area contributed by atoms with E-state index in [4.69, 9.17) is 4.74 Å². The number of likely N-dealkylation sites (tertiary alicyclic amines) is 1. The number of benzene rings is 2. The lowest BCUT2D eigenvalue weighted by Gasteiger charge is -2.26. The molecule has 10 heteroatoms. The lowest BCUT2D eigenvalue weighted by molar-refractivity contribution is -0.149. The van der Waals surface area contributed by atoms with E-state index in [0.29, 0.717) is 23.8 Å². The van der Waals surface area contributed by atoms with Crippen molar-refractivity contribution in [3.05, 3.63) is 64.7 Å². The van der Waals surface area contributed by atoms with Crippen molar-refractivity contribution in [3.63, 3.8) is 0 Å². The van der Waals surface area contributed by atoms with E-state index in [9.17, 15) is 23.2 Å². The van der Waals surface area contributed by atoms with Crippen LogP contribution in [0.15, 0.2) is 42.5 Å². The van der Waals surface area contributed by atoms with Gasteiger partial charge in [-0.15, -0.1) is 11.3 Å². The van der Waals surface area contributed by atoms with Crippen molar-refractivity contribution in [1.82, 2.24) is 15.2 Å². The molecule has 1 saturated heterocycles. The second-order valence-corrected chi connectivity index (χ2v) is 10.7. The van der Waals surface area contributed by atoms with Gasteiger partial charge in [-0.25, -0.2) is 18.6 Å². The molecule has 0 unspecified atom stereocenters. The third-order valence-electron chi connectivity index (χ3n) is 6.81. The van der Waals surface area contributed by atoms with E-state index >= 15 is 0 Å². The Balaban J connectivity index is 1.19. The number of thiazole rings is 1. The van der Waals surface area contributed by atoms with E-state index in [1.54, 1.807) is 0 Å². The Labute approximate surface area is 216 Å². The molecule has 194 valence electrons. The summed E-state index contributed by atoms with van der Waals surface area (Å²) >= 11 is 1.45. The minimum absolute atomic E-state index is 0.0271. The maximum atomic E-state index is 14.2. The van der Waals surface area contributed by atoms with E-state index in [1.807, 2.05) is 24.3 Å². The highest BCUT2D eigenvalue weighted by molar-refractivity contribution is 7.18. The molecule has 1 N–H and O–H groups in total. The highest BCUT2D eigenvalue weighted by Crippen LogP contribution is 2.34. The van der Waals surface area contributed by atoms with Gasteiger partial charge in [-0.05, 0) is 37.0 Å². The molecular formula is C27H27F2N3O4S. The van der Waals surface area contributed by atoms with Gasteiger partial charge in [0, 0.05) is 31.0 Å². The van der Waals surface area contributed by atoms with Crippen LogP contribution in [0.25, 0.3) is 10.2 Å². The molecule has 1 aromatic heterocycles. The molecule has 2 aromatic carbocycles. The van der Waals surface area contributed by atoms with Crippen LogP contribution in [-0.2, 0) is 32.3 Å². The molecule has 37 heavy (non-hydrogen) atoms. The van der Waals surface area contributed by atoms with Gasteiger partial charge in [0.15, 0.2) is 11.6 Å². The Morgan fingerprint density at radius 3 is 2.73 bits per heavy atom. The molecule has 1 aliphatic carbocycles. The SMILES string of the molecule is O=C(C[C@@H]1CCC(=O)N1Cc1cccc(F)c1F)N[C@@H](CC1CC1)C(=O)OCc1nc2ccccc2s1. The van der Waals surface area contributed by atoms with Crippen LogP contribution in [0.5, 0.6) is 0 Å². The summed E-state index contributed by atoms with van der Waals surface area (Å²) in [6, 6.07) is 10.2. The summed E-state index contributed by atoms with van der Waals surface area (Å²) in [6.07, 6.45) is 3.12. The van der Waals surface area contributed by atoms with Crippen LogP contribution in [0.1, 0.15) is 49.1 Å². The van der Waals surface area contributed by atoms with E-state index in [1.165, 1.54) is 28.4 Å². The molecule has 2 fully saturated rings. The maximum Gasteiger partial charge on any atom is 0.329 e. The first-order valence-electron chi connectivity index (χ1n) is 12.4. The average molecular weight is 528 g/mol. The second-order valence-electron chi connectivity index (χ2n) is 9.61. The molecule has 5 rings (SSSR count). The molecule has 3 aromatic rings. The molecule has 0 bridgehead atoms. The molecule has 2 aliphatic rings. The van der Waals surface area contributed by atoms with Gasteiger partial charge in [0.1, 0.15) is 17.7 Å². The zero-order valence-corrected chi connectivity index (χ0v) is 20.9. The van der Waals surface area contributed by atoms with Crippen molar-refractivity contribution in [1.29, 1.82) is 0 Å². The number of hydrogen-bond donors (Lipinski definition) is 1. The summed E-state index contributed by atoms with van der Waals surface area (Å²) in [5.41, 5.74) is 0.904. The highest BCUT2D eigenvalue weighted by Gasteiger charge is 2.35. The first-order chi connectivity index (χ1) is 17.9. The van der Waals surface area contributed by atoms with Gasteiger partial charge in [0.05, 0.1) is 10.2 Å². The second kappa shape index (κ2) is 10.9. The number of carbonyl (C=O) groups excluding carboxylic acids is 3. The third-order valence-corrected chi connectivity index (χ3v) is 7.82. The van der Waals surface area contributed by atoms with Gasteiger partial charge in [-0.2, -0.15) is 0 Å². The first-order valence-corrected chi connectivity index (χ1v) is 13.2. The van der Waals surface area contributed by atoms with Gasteiger partial charge >= 0.3 is 5.97 Å². The third kappa shape index (κ3) is 6.12. The van der Waals surface area contributed by atoms with Gasteiger partial charge in [0.2, 0.25) is 11.8 Å². The highest BCUT2D eigenvalue weighted by atomic mass is 32.1. The summed E-state index contributed by atoms with van der Waals surface area (Å²) < 4.78 is 34.3. The normalized spacial score (nSPS) is 18.3. The van der Waals surface area contributed by atoms with Gasteiger partial charge in [-0.3, -0.25) is 9.59 Å². The Morgan fingerprint density at radius 1 is 1.14 bits per heavy atom. The van der Waals surface area contributed by atoms with Crippen molar-refractivity contribution in [2.45, 2.75) is 63.8 Å². The zero-order chi connectivity index (χ0) is 25.9. The number of ether oxygens (including phenoxy) is 1. The molecule has 2 amide bonds. The van der Waals surface area contributed by atoms with E-state index < -0.39 is 29.7 Å². The summed E-state index contributed by atoms with van der Waals surface area (Å²) in [5, 5.41) is 3.47. The minimum atomic E-state index is -0.995. The summed E-state index contributed by atoms with van der Waals surface area (Å²) in [5.74, 6) is -2.73. The van der Waals surface area contributed by atoms with E-state index in [0.717, 1.165) is 29.1 Å². The number of nitrogens with one attached hydrogen (secondary N) is 1. The monoisotopic (exact) mass is 527 g/mol. The first kappa shape index (κ1) is 25.3. The van der Waals surface area contributed by atoms with Crippen molar-refractivity contribution in [2.75, 3.05) is 0 Å². The van der Waals surface area contributed by atoms with Gasteiger partial charge < -0.3 is 15.0 Å². The quantitative estimate of drug-likeness (QED) is 0.393. The smallest absolute Gasteiger partial charge is 0.329 e. The van der Waals surface area contributed by atoms with Crippen LogP contribution >= 0.6 is 11.3 Å². The molecule has 7 nitrogen and oxygen atoms in total. The Bertz CT molecular complexity index is 1290. The molecule has 0 radical (unpaired) electrons. The van der Waals surface area contributed by atoms with Crippen LogP contribution in [-0.4, -0.2) is 39.8 Å². The molecule has 1 saturated carbocycles. The fourth-order valence-corrected chi connectivity index (χ4v) is 5.54. The number of rotatable bonds is 10. The van der Waals surface area contributed by atoms with Crippen molar-refractivity contribution >= 4 is 39.3 Å². The summed E-state index contributed by atoms with van der Waals surface area (Å²) in [7, 11) is 0. The number of nitrogens with zero attached hydrogens (tertiary/aromatic N) is 2. The Hall–Kier alpha value is -3.40. The van der Waals surface area contributed by atoms with Crippen LogP contribution in [0.2, 0.25) is 0 Å². The lowest BCUT2D eigenvalue weighted by atomic mass is 10.1. The summed E-state index contributed by atoms with van der Waals surface area (Å²) in [4.78, 5) is 44.1. The topological polar surface area (TPSA) is 88.6 Å². The standard InChI is InChI=1S/C27H27F2N3O4S/c28-19-5-3-4-17(26(19)29)14-32-18(10-11-25(32)34)13-23(33)30-21(12-16-8-9-16)27(35)36-15-24-31-20-6-1-2-7-22(20)37-24/h1-7,16,18,21H,8-15H2,(H,30,33)/t18-,21-/m0/s1. The van der Waals surface area contributed by atoms with Crippen LogP contribution < -0.4 is 5.32 Å². The summed E-state index contributed by atoms with van der Waals surface area (Å²) in [6.45, 7) is -0.0879. The molecule has 2 heterocycles. The fraction of sp³-hybridized carbons (Fsp3) is 0.407. The van der Waals surface area contributed by atoms with Crippen molar-refractivity contribution < 1.29 is 27.9 Å². The van der Waals surface area contributed by atoms with E-state index in [-0.39, 0.29) is 43.4 Å². The largest absolute Gasteiger partial charge is 0.457 e. The van der Waals surface area contributed by atoms with Crippen LogP contribution in [0.3, 0.4) is 0 Å². The van der Waals surface area contributed by atoms with Crippen molar-refractivity contribution in [3.8, 4) is 0 Å². The Kier molecular flexibility index (Phi) is 7.45. The number of para-hydroxylation sites is 1. The Morgan fingerprint density at radius 2 is 1.95 bits per heavy atom. The zero-order valence-electron chi connectivity index (χ0n) is 20.1. The molecule has 2 atom stereocenters. The van der Waals surface area contributed by atoms with Gasteiger partial charge in [0.25, 0.3) is 0 Å². The predicted octanol–water partition coefficient (Wildman–Crippen LogP) is 4.48. The van der Waals surface area contributed by atoms with Crippen LogP contribution in [0, 0.1) is 17.6 Å². The maximum absolute atomic E-state index is 14.2. The predicted molar refractivity (Wildman–Crippen MR) is 133 cm³/mol. The number of esters is 1. The van der Waals surface area contributed by atoms with E-state index in [2.05, 4.69) is 10.3 Å². The average Bonchev–Trinajstić information content (AvgIpc) is 3.50. The van der Waals surface area contributed by atoms with Crippen molar-refractivity contribution in [2.24, 2.45) is 5.92 Å². The minimum Gasteiger partial charge on any atom is -0.457 e. The lowest BCUT2D eigenvalue weighted by Crippen LogP contribution is -2.44. The molecular weight excluding hydrogens is 500 g/mol. The molecule has 0 spiro atoms. The van der Waals surface area contributed by atoms with Crippen LogP contribution in [0.4, 0.5) is 8.78 Å². The molecule has 1 aliphatic heterocycles. The number of amides is 2. The number of hydrogen-bond acceptors (Lipinski definition) is 6. The number of carbonyl (C=O) groups is 3. The number of fused-ring (bicyclic) bond motifs is 1. The fourth-order valence-electron chi connectivity index (χ4n) is 4.66. The number of aromatic nitrogens is 1. The van der Waals surface area contributed by atoms with Gasteiger partial charge in [-0.1, -0.05) is 37.1 Å². The number of halogens is 2.